The minimum Gasteiger partial charge on any atom is -0.399 e. The summed E-state index contributed by atoms with van der Waals surface area (Å²) in [5, 5.41) is 7.00. The largest absolute Gasteiger partial charge is 0.399 e. The number of aryl methyl sites for hydroxylation is 2. The number of nitrogens with zero attached hydrogens (tertiary/aromatic N) is 2. The highest BCUT2D eigenvalue weighted by atomic mass is 35.5. The van der Waals surface area contributed by atoms with E-state index in [9.17, 15) is 4.79 Å². The number of carbonyl (C=O) groups is 1. The summed E-state index contributed by atoms with van der Waals surface area (Å²) in [5.74, 6) is 0.0734. The Bertz CT molecular complexity index is 569. The van der Waals surface area contributed by atoms with E-state index in [1.165, 1.54) is 5.56 Å². The van der Waals surface area contributed by atoms with Gasteiger partial charge in [0, 0.05) is 31.9 Å². The monoisotopic (exact) mass is 344 g/mol. The highest BCUT2D eigenvalue weighted by Gasteiger charge is 2.03. The van der Waals surface area contributed by atoms with Gasteiger partial charge in [0.25, 0.3) is 0 Å². The summed E-state index contributed by atoms with van der Waals surface area (Å²) in [7, 11) is 1.87. The molecule has 0 aliphatic carbocycles. The normalized spacial score (nSPS) is 9.50. The van der Waals surface area contributed by atoms with Crippen LogP contribution in [0.25, 0.3) is 0 Å². The van der Waals surface area contributed by atoms with Gasteiger partial charge >= 0.3 is 0 Å². The summed E-state index contributed by atoms with van der Waals surface area (Å²) in [6, 6.07) is 7.72. The molecule has 0 bridgehead atoms. The number of benzene rings is 1. The number of carbonyl (C=O) groups excluding carboxylic acids is 1. The van der Waals surface area contributed by atoms with Gasteiger partial charge in [0.05, 0.1) is 6.20 Å². The van der Waals surface area contributed by atoms with Crippen LogP contribution in [-0.2, 0) is 24.7 Å². The number of amides is 1. The fraction of sp³-hybridized carbons (Fsp3) is 0.333. The van der Waals surface area contributed by atoms with Gasteiger partial charge in [0.2, 0.25) is 5.91 Å². The number of halogens is 2. The van der Waals surface area contributed by atoms with E-state index in [2.05, 4.69) is 10.4 Å². The van der Waals surface area contributed by atoms with E-state index in [1.54, 1.807) is 10.9 Å². The molecular weight excluding hydrogens is 323 g/mol. The van der Waals surface area contributed by atoms with Crippen molar-refractivity contribution < 1.29 is 4.79 Å². The lowest BCUT2D eigenvalue weighted by atomic mass is 10.1. The predicted octanol–water partition coefficient (Wildman–Crippen LogP) is 2.14. The molecule has 1 aromatic carbocycles. The predicted molar refractivity (Wildman–Crippen MR) is 93.6 cm³/mol. The number of aromatic nitrogens is 2. The molecule has 5 nitrogen and oxygen atoms in total. The van der Waals surface area contributed by atoms with Crippen LogP contribution in [0.5, 0.6) is 0 Å². The zero-order chi connectivity index (χ0) is 14.4. The third-order valence-corrected chi connectivity index (χ3v) is 3.11. The van der Waals surface area contributed by atoms with Crippen molar-refractivity contribution in [3.05, 3.63) is 47.8 Å². The molecule has 22 heavy (non-hydrogen) atoms. The van der Waals surface area contributed by atoms with Gasteiger partial charge in [-0.1, -0.05) is 12.1 Å². The SMILES string of the molecule is Cl.Cl.Cn1cc(CCC(=O)NCCc2ccc(N)cc2)cn1. The fourth-order valence-electron chi connectivity index (χ4n) is 1.98. The molecule has 0 aliphatic rings. The molecule has 0 unspecified atom stereocenters. The van der Waals surface area contributed by atoms with Gasteiger partial charge in [-0.05, 0) is 36.1 Å². The first-order valence-corrected chi connectivity index (χ1v) is 6.72. The van der Waals surface area contributed by atoms with Gasteiger partial charge in [0.15, 0.2) is 0 Å². The molecule has 0 fully saturated rings. The van der Waals surface area contributed by atoms with Gasteiger partial charge in [0.1, 0.15) is 0 Å². The van der Waals surface area contributed by atoms with Crippen LogP contribution in [0.2, 0.25) is 0 Å². The van der Waals surface area contributed by atoms with Crippen LogP contribution in [0, 0.1) is 0 Å². The number of hydrogen-bond acceptors (Lipinski definition) is 3. The smallest absolute Gasteiger partial charge is 0.220 e. The number of nitrogens with two attached hydrogens (primary N) is 1. The number of hydrogen-bond donors (Lipinski definition) is 2. The van der Waals surface area contributed by atoms with Gasteiger partial charge < -0.3 is 11.1 Å². The van der Waals surface area contributed by atoms with Crippen molar-refractivity contribution in [1.29, 1.82) is 0 Å². The van der Waals surface area contributed by atoms with Crippen molar-refractivity contribution in [2.75, 3.05) is 12.3 Å². The third kappa shape index (κ3) is 6.83. The summed E-state index contributed by atoms with van der Waals surface area (Å²) in [4.78, 5) is 11.7. The van der Waals surface area contributed by atoms with Crippen LogP contribution < -0.4 is 11.1 Å². The van der Waals surface area contributed by atoms with Crippen LogP contribution >= 0.6 is 24.8 Å². The first kappa shape index (κ1) is 20.3. The Hall–Kier alpha value is -1.72. The molecular formula is C15H22Cl2N4O. The highest BCUT2D eigenvalue weighted by Crippen LogP contribution is 2.05. The lowest BCUT2D eigenvalue weighted by molar-refractivity contribution is -0.121. The molecule has 1 amide bonds. The quantitative estimate of drug-likeness (QED) is 0.788. The summed E-state index contributed by atoms with van der Waals surface area (Å²) in [6.07, 6.45) is 5.76. The van der Waals surface area contributed by atoms with Crippen LogP contribution in [0.15, 0.2) is 36.7 Å². The second kappa shape index (κ2) is 10.1. The molecule has 1 heterocycles. The molecule has 2 rings (SSSR count). The Morgan fingerprint density at radius 1 is 1.18 bits per heavy atom. The molecule has 2 aromatic rings. The number of nitrogen functional groups attached to an aromatic ring is 1. The van der Waals surface area contributed by atoms with E-state index in [1.807, 2.05) is 37.5 Å². The Labute approximate surface area is 143 Å². The number of anilines is 1. The molecule has 7 heteroatoms. The molecule has 0 spiro atoms. The topological polar surface area (TPSA) is 72.9 Å². The van der Waals surface area contributed by atoms with Crippen molar-refractivity contribution in [2.45, 2.75) is 19.3 Å². The van der Waals surface area contributed by atoms with Gasteiger partial charge in [-0.3, -0.25) is 9.48 Å². The average molecular weight is 345 g/mol. The number of rotatable bonds is 6. The van der Waals surface area contributed by atoms with E-state index < -0.39 is 0 Å². The van der Waals surface area contributed by atoms with Crippen molar-refractivity contribution in [1.82, 2.24) is 15.1 Å². The summed E-state index contributed by atoms with van der Waals surface area (Å²) in [5.41, 5.74) is 8.64. The minimum absolute atomic E-state index is 0. The first-order valence-electron chi connectivity index (χ1n) is 6.72. The molecule has 122 valence electrons. The molecule has 0 radical (unpaired) electrons. The molecule has 0 aliphatic heterocycles. The Balaban J connectivity index is 0.00000220. The third-order valence-electron chi connectivity index (χ3n) is 3.11. The lowest BCUT2D eigenvalue weighted by Gasteiger charge is -2.05. The van der Waals surface area contributed by atoms with E-state index in [-0.39, 0.29) is 30.7 Å². The van der Waals surface area contributed by atoms with E-state index in [0.717, 1.165) is 24.1 Å². The zero-order valence-electron chi connectivity index (χ0n) is 12.5. The molecule has 0 atom stereocenters. The molecule has 3 N–H and O–H groups in total. The van der Waals surface area contributed by atoms with E-state index >= 15 is 0 Å². The van der Waals surface area contributed by atoms with Crippen molar-refractivity contribution in [3.63, 3.8) is 0 Å². The molecule has 0 saturated heterocycles. The maximum absolute atomic E-state index is 11.7. The van der Waals surface area contributed by atoms with Gasteiger partial charge in [-0.2, -0.15) is 5.10 Å². The van der Waals surface area contributed by atoms with Crippen LogP contribution in [-0.4, -0.2) is 22.2 Å². The van der Waals surface area contributed by atoms with E-state index in [4.69, 9.17) is 5.73 Å². The van der Waals surface area contributed by atoms with Crippen LogP contribution in [0.1, 0.15) is 17.5 Å². The second-order valence-corrected chi connectivity index (χ2v) is 4.86. The summed E-state index contributed by atoms with van der Waals surface area (Å²) >= 11 is 0. The van der Waals surface area contributed by atoms with Crippen molar-refractivity contribution in [3.8, 4) is 0 Å². The maximum atomic E-state index is 11.7. The van der Waals surface area contributed by atoms with E-state index in [0.29, 0.717) is 13.0 Å². The number of nitrogens with one attached hydrogen (secondary N) is 1. The molecule has 1 aromatic heterocycles. The zero-order valence-corrected chi connectivity index (χ0v) is 14.1. The van der Waals surface area contributed by atoms with Crippen LogP contribution in [0.4, 0.5) is 5.69 Å². The van der Waals surface area contributed by atoms with Gasteiger partial charge in [-0.25, -0.2) is 0 Å². The second-order valence-electron chi connectivity index (χ2n) is 4.86. The average Bonchev–Trinajstić information content (AvgIpc) is 2.85. The highest BCUT2D eigenvalue weighted by molar-refractivity contribution is 5.85. The van der Waals surface area contributed by atoms with Gasteiger partial charge in [-0.15, -0.1) is 24.8 Å². The summed E-state index contributed by atoms with van der Waals surface area (Å²) < 4.78 is 1.74. The summed E-state index contributed by atoms with van der Waals surface area (Å²) in [6.45, 7) is 0.649. The Kier molecular flexibility index (Phi) is 9.29. The molecule has 0 saturated carbocycles. The van der Waals surface area contributed by atoms with Crippen LogP contribution in [0.3, 0.4) is 0 Å². The minimum atomic E-state index is 0. The standard InChI is InChI=1S/C15H20N4O.2ClH/c1-19-11-13(10-18-19)4-7-15(20)17-9-8-12-2-5-14(16)6-3-12;;/h2-3,5-6,10-11H,4,7-9,16H2,1H3,(H,17,20);2*1H. The Morgan fingerprint density at radius 3 is 2.45 bits per heavy atom. The lowest BCUT2D eigenvalue weighted by Crippen LogP contribution is -2.25. The maximum Gasteiger partial charge on any atom is 0.220 e. The van der Waals surface area contributed by atoms with Crippen molar-refractivity contribution >= 4 is 36.4 Å². The van der Waals surface area contributed by atoms with Crippen molar-refractivity contribution in [2.24, 2.45) is 7.05 Å². The Morgan fingerprint density at radius 2 is 1.86 bits per heavy atom. The first-order chi connectivity index (χ1) is 9.63. The fourth-order valence-corrected chi connectivity index (χ4v) is 1.98.